The van der Waals surface area contributed by atoms with Crippen molar-refractivity contribution < 1.29 is 9.59 Å². The standard InChI is InChI=1S/C26H25N7O2/c1-33-15-29-32-24(33)26(11-16(12-26)5-8-27)18-3-2-4-19(10-18)30-23(35)20-9-17(13-34)21-22(31-20)25(6-7-25)14-28-21/h2-4,9-10,13,15-16,28H,5-7,11-12,14H2,1H3,(H,30,35). The van der Waals surface area contributed by atoms with Gasteiger partial charge in [-0.2, -0.15) is 5.26 Å². The minimum atomic E-state index is -0.353. The number of anilines is 2. The van der Waals surface area contributed by atoms with Crippen LogP contribution in [0.2, 0.25) is 0 Å². The fourth-order valence-electron chi connectivity index (χ4n) is 5.80. The third-order valence-corrected chi connectivity index (χ3v) is 7.84. The van der Waals surface area contributed by atoms with E-state index in [0.717, 1.165) is 61.3 Å². The Bertz CT molecular complexity index is 1390. The van der Waals surface area contributed by atoms with Crippen LogP contribution in [0.15, 0.2) is 36.7 Å². The number of carbonyl (C=O) groups is 2. The second kappa shape index (κ2) is 7.73. The molecular weight excluding hydrogens is 442 g/mol. The number of aryl methyl sites for hydroxylation is 1. The predicted octanol–water partition coefficient (Wildman–Crippen LogP) is 3.34. The summed E-state index contributed by atoms with van der Waals surface area (Å²) in [6, 6.07) is 11.6. The number of hydrogen-bond donors (Lipinski definition) is 2. The van der Waals surface area contributed by atoms with Crippen LogP contribution in [0.3, 0.4) is 0 Å². The molecule has 3 aromatic rings. The van der Waals surface area contributed by atoms with Crippen molar-refractivity contribution in [3.8, 4) is 6.07 Å². The van der Waals surface area contributed by atoms with E-state index in [9.17, 15) is 9.59 Å². The lowest BCUT2D eigenvalue weighted by Gasteiger charge is -2.46. The van der Waals surface area contributed by atoms with Crippen molar-refractivity contribution in [1.82, 2.24) is 19.7 Å². The summed E-state index contributed by atoms with van der Waals surface area (Å²) in [7, 11) is 1.92. The minimum absolute atomic E-state index is 0.0318. The molecule has 2 aliphatic carbocycles. The minimum Gasteiger partial charge on any atom is -0.382 e. The summed E-state index contributed by atoms with van der Waals surface area (Å²) in [6.45, 7) is 0.764. The van der Waals surface area contributed by atoms with Gasteiger partial charge in [-0.05, 0) is 55.4 Å². The number of nitrogens with one attached hydrogen (secondary N) is 2. The zero-order valence-electron chi connectivity index (χ0n) is 19.4. The van der Waals surface area contributed by atoms with Crippen LogP contribution in [0.5, 0.6) is 0 Å². The van der Waals surface area contributed by atoms with Gasteiger partial charge in [-0.1, -0.05) is 12.1 Å². The van der Waals surface area contributed by atoms with Crippen molar-refractivity contribution in [2.75, 3.05) is 17.2 Å². The molecule has 0 bridgehead atoms. The van der Waals surface area contributed by atoms with Gasteiger partial charge in [0.25, 0.3) is 5.91 Å². The topological polar surface area (TPSA) is 126 Å². The summed E-state index contributed by atoms with van der Waals surface area (Å²) in [6.07, 6.45) is 6.61. The molecule has 2 saturated carbocycles. The van der Waals surface area contributed by atoms with Gasteiger partial charge < -0.3 is 15.2 Å². The first-order valence-corrected chi connectivity index (χ1v) is 11.9. The number of nitriles is 1. The van der Waals surface area contributed by atoms with Gasteiger partial charge in [0, 0.05) is 36.7 Å². The van der Waals surface area contributed by atoms with Gasteiger partial charge in [0.05, 0.1) is 22.9 Å². The van der Waals surface area contributed by atoms with Crippen LogP contribution < -0.4 is 10.6 Å². The van der Waals surface area contributed by atoms with E-state index >= 15 is 0 Å². The summed E-state index contributed by atoms with van der Waals surface area (Å²) >= 11 is 0. The first-order valence-electron chi connectivity index (χ1n) is 11.9. The maximum absolute atomic E-state index is 13.2. The first-order chi connectivity index (χ1) is 17.0. The van der Waals surface area contributed by atoms with E-state index < -0.39 is 0 Å². The van der Waals surface area contributed by atoms with Crippen LogP contribution >= 0.6 is 0 Å². The molecule has 0 atom stereocenters. The summed E-state index contributed by atoms with van der Waals surface area (Å²) < 4.78 is 1.92. The Hall–Kier alpha value is -4.06. The van der Waals surface area contributed by atoms with E-state index in [-0.39, 0.29) is 22.4 Å². The van der Waals surface area contributed by atoms with E-state index in [1.54, 1.807) is 12.4 Å². The summed E-state index contributed by atoms with van der Waals surface area (Å²) in [5, 5.41) is 23.9. The van der Waals surface area contributed by atoms with Crippen molar-refractivity contribution >= 4 is 23.6 Å². The number of carbonyl (C=O) groups excluding carboxylic acids is 2. The Balaban J connectivity index is 1.30. The molecule has 35 heavy (non-hydrogen) atoms. The van der Waals surface area contributed by atoms with Crippen LogP contribution in [-0.4, -0.2) is 38.5 Å². The van der Waals surface area contributed by atoms with Crippen molar-refractivity contribution in [3.05, 3.63) is 65.0 Å². The monoisotopic (exact) mass is 467 g/mol. The third kappa shape index (κ3) is 3.32. The molecule has 1 spiro atoms. The number of benzene rings is 1. The Labute approximate surface area is 202 Å². The Morgan fingerprint density at radius 2 is 2.17 bits per heavy atom. The zero-order valence-corrected chi connectivity index (χ0v) is 19.4. The highest BCUT2D eigenvalue weighted by atomic mass is 16.2. The van der Waals surface area contributed by atoms with E-state index in [2.05, 4.69) is 31.9 Å². The smallest absolute Gasteiger partial charge is 0.274 e. The van der Waals surface area contributed by atoms with Gasteiger partial charge in [0.2, 0.25) is 0 Å². The second-order valence-corrected chi connectivity index (χ2v) is 10.1. The lowest BCUT2D eigenvalue weighted by molar-refractivity contribution is 0.102. The molecule has 6 rings (SSSR count). The maximum Gasteiger partial charge on any atom is 0.274 e. The average Bonchev–Trinajstić information content (AvgIpc) is 3.37. The number of hydrogen-bond acceptors (Lipinski definition) is 7. The van der Waals surface area contributed by atoms with Crippen LogP contribution in [0.25, 0.3) is 0 Å². The molecule has 0 radical (unpaired) electrons. The molecule has 9 heteroatoms. The number of nitrogens with zero attached hydrogens (tertiary/aromatic N) is 5. The Kier molecular flexibility index (Phi) is 4.74. The van der Waals surface area contributed by atoms with Gasteiger partial charge >= 0.3 is 0 Å². The average molecular weight is 468 g/mol. The van der Waals surface area contributed by atoms with Crippen molar-refractivity contribution in [1.29, 1.82) is 5.26 Å². The molecule has 9 nitrogen and oxygen atoms in total. The van der Waals surface area contributed by atoms with E-state index in [0.29, 0.717) is 23.6 Å². The molecule has 1 aromatic carbocycles. The zero-order chi connectivity index (χ0) is 24.2. The molecule has 176 valence electrons. The summed E-state index contributed by atoms with van der Waals surface area (Å²) in [5.41, 5.74) is 3.59. The van der Waals surface area contributed by atoms with Gasteiger partial charge in [-0.3, -0.25) is 9.59 Å². The van der Waals surface area contributed by atoms with Crippen LogP contribution in [0.4, 0.5) is 11.4 Å². The van der Waals surface area contributed by atoms with E-state index in [1.165, 1.54) is 0 Å². The maximum atomic E-state index is 13.2. The molecule has 3 aliphatic rings. The van der Waals surface area contributed by atoms with Crippen LogP contribution in [-0.2, 0) is 17.9 Å². The molecule has 0 unspecified atom stereocenters. The SMILES string of the molecule is Cn1cnnc1C1(c2cccc(NC(=O)c3cc(C=O)c4c(n3)C3(CC3)CN4)c2)CC(CC#N)C1. The molecule has 1 aliphatic heterocycles. The number of aldehydes is 1. The number of rotatable bonds is 6. The third-order valence-electron chi connectivity index (χ3n) is 7.84. The lowest BCUT2D eigenvalue weighted by atomic mass is 9.57. The molecular formula is C26H25N7O2. The Morgan fingerprint density at radius 3 is 2.86 bits per heavy atom. The number of pyridine rings is 1. The number of aromatic nitrogens is 4. The molecule has 2 fully saturated rings. The fourth-order valence-corrected chi connectivity index (χ4v) is 5.80. The number of amides is 1. The van der Waals surface area contributed by atoms with Gasteiger partial charge in [0.15, 0.2) is 6.29 Å². The summed E-state index contributed by atoms with van der Waals surface area (Å²) in [5.74, 6) is 0.809. The largest absolute Gasteiger partial charge is 0.382 e. The van der Waals surface area contributed by atoms with Gasteiger partial charge in [0.1, 0.15) is 17.8 Å². The van der Waals surface area contributed by atoms with Crippen molar-refractivity contribution in [3.63, 3.8) is 0 Å². The normalized spacial score (nSPS) is 23.0. The lowest BCUT2D eigenvalue weighted by Crippen LogP contribution is -2.44. The quantitative estimate of drug-likeness (QED) is 0.533. The number of fused-ring (bicyclic) bond motifs is 2. The van der Waals surface area contributed by atoms with Crippen molar-refractivity contribution in [2.45, 2.75) is 42.9 Å². The van der Waals surface area contributed by atoms with Crippen LogP contribution in [0, 0.1) is 17.2 Å². The molecule has 0 saturated heterocycles. The predicted molar refractivity (Wildman–Crippen MR) is 128 cm³/mol. The molecule has 1 amide bonds. The molecule has 3 heterocycles. The highest BCUT2D eigenvalue weighted by Crippen LogP contribution is 2.54. The second-order valence-electron chi connectivity index (χ2n) is 10.1. The fraction of sp³-hybridized carbons (Fsp3) is 0.385. The van der Waals surface area contributed by atoms with Gasteiger partial charge in [-0.25, -0.2) is 4.98 Å². The van der Waals surface area contributed by atoms with E-state index in [4.69, 9.17) is 5.26 Å². The molecule has 2 aromatic heterocycles. The Morgan fingerprint density at radius 1 is 1.34 bits per heavy atom. The summed E-state index contributed by atoms with van der Waals surface area (Å²) in [4.78, 5) is 29.6. The molecule has 2 N–H and O–H groups in total. The van der Waals surface area contributed by atoms with E-state index in [1.807, 2.05) is 35.9 Å². The highest BCUT2D eigenvalue weighted by molar-refractivity contribution is 6.04. The van der Waals surface area contributed by atoms with Gasteiger partial charge in [-0.15, -0.1) is 10.2 Å². The van der Waals surface area contributed by atoms with Crippen molar-refractivity contribution in [2.24, 2.45) is 13.0 Å². The first kappa shape index (κ1) is 21.5. The van der Waals surface area contributed by atoms with Crippen LogP contribution in [0.1, 0.15) is 70.0 Å². The highest BCUT2D eigenvalue weighted by Gasteiger charge is 2.52.